The summed E-state index contributed by atoms with van der Waals surface area (Å²) in [5, 5.41) is 20.3. The lowest BCUT2D eigenvalue weighted by atomic mass is 9.91. The number of aromatic nitrogens is 1. The summed E-state index contributed by atoms with van der Waals surface area (Å²) in [4.78, 5) is 29.1. The highest BCUT2D eigenvalue weighted by molar-refractivity contribution is 5.99. The quantitative estimate of drug-likeness (QED) is 0.392. The summed E-state index contributed by atoms with van der Waals surface area (Å²) in [5.41, 5.74) is 3.04. The van der Waals surface area contributed by atoms with Crippen LogP contribution in [0.5, 0.6) is 5.75 Å². The topological polar surface area (TPSA) is 116 Å². The number of nitrogens with zero attached hydrogens (tertiary/aromatic N) is 2. The van der Waals surface area contributed by atoms with Gasteiger partial charge in [0, 0.05) is 42.1 Å². The second-order valence-electron chi connectivity index (χ2n) is 9.29. The first kappa shape index (κ1) is 25.7. The SMILES string of the molecule is C=C(C#N)CNc1c(OC)ccc2ccc(-c3cccc(C(=O)N[C@@H]4CCC[C@@H](NC(C)=O)C4)n3)cc12. The zero-order valence-corrected chi connectivity index (χ0v) is 21.1. The lowest BCUT2D eigenvalue weighted by molar-refractivity contribution is -0.119. The maximum atomic E-state index is 13.0. The van der Waals surface area contributed by atoms with Crippen LogP contribution in [0.1, 0.15) is 43.1 Å². The van der Waals surface area contributed by atoms with Crippen molar-refractivity contribution in [2.24, 2.45) is 0 Å². The number of nitrogens with one attached hydrogen (secondary N) is 3. The smallest absolute Gasteiger partial charge is 0.270 e. The fraction of sp³-hybridized carbons (Fsp3) is 0.310. The number of fused-ring (bicyclic) bond motifs is 1. The molecule has 0 radical (unpaired) electrons. The van der Waals surface area contributed by atoms with E-state index in [1.807, 2.05) is 42.5 Å². The van der Waals surface area contributed by atoms with Gasteiger partial charge in [-0.15, -0.1) is 0 Å². The van der Waals surface area contributed by atoms with Crippen molar-refractivity contribution in [2.45, 2.75) is 44.7 Å². The van der Waals surface area contributed by atoms with Crippen LogP contribution in [-0.4, -0.2) is 42.5 Å². The van der Waals surface area contributed by atoms with E-state index in [0.717, 1.165) is 41.3 Å². The Morgan fingerprint density at radius 3 is 2.62 bits per heavy atom. The molecule has 1 aromatic heterocycles. The number of amides is 2. The number of carbonyl (C=O) groups is 2. The van der Waals surface area contributed by atoms with Crippen molar-refractivity contribution in [1.82, 2.24) is 15.6 Å². The van der Waals surface area contributed by atoms with Crippen LogP contribution in [0.2, 0.25) is 0 Å². The molecule has 0 bridgehead atoms. The van der Waals surface area contributed by atoms with Gasteiger partial charge < -0.3 is 20.7 Å². The molecule has 2 amide bonds. The van der Waals surface area contributed by atoms with Crippen molar-refractivity contribution in [3.63, 3.8) is 0 Å². The third kappa shape index (κ3) is 6.25. The molecule has 3 N–H and O–H groups in total. The average Bonchev–Trinajstić information content (AvgIpc) is 2.91. The van der Waals surface area contributed by atoms with E-state index >= 15 is 0 Å². The number of pyridine rings is 1. The van der Waals surface area contributed by atoms with Crippen molar-refractivity contribution in [1.29, 1.82) is 5.26 Å². The molecule has 0 spiro atoms. The highest BCUT2D eigenvalue weighted by Crippen LogP contribution is 2.35. The third-order valence-corrected chi connectivity index (χ3v) is 6.53. The van der Waals surface area contributed by atoms with E-state index < -0.39 is 0 Å². The number of benzene rings is 2. The Kier molecular flexibility index (Phi) is 8.04. The molecule has 1 saturated carbocycles. The number of nitriles is 1. The van der Waals surface area contributed by atoms with Gasteiger partial charge in [-0.2, -0.15) is 5.26 Å². The molecule has 2 atom stereocenters. The summed E-state index contributed by atoms with van der Waals surface area (Å²) in [6.45, 7) is 5.56. The second kappa shape index (κ2) is 11.6. The maximum Gasteiger partial charge on any atom is 0.270 e. The van der Waals surface area contributed by atoms with Gasteiger partial charge in [-0.25, -0.2) is 4.98 Å². The Hall–Kier alpha value is -4.38. The molecule has 0 aliphatic heterocycles. The van der Waals surface area contributed by atoms with Gasteiger partial charge in [-0.05, 0) is 55.3 Å². The standard InChI is InChI=1S/C29H31N5O3/c1-18(16-30)17-31-28-24-14-21(11-10-20(24)12-13-27(28)37-3)25-8-5-9-26(34-25)29(36)33-23-7-4-6-22(15-23)32-19(2)35/h5,8-14,22-23,31H,1,4,6-7,15,17H2,2-3H3,(H,32,35)(H,33,36)/t22-,23-/m1/s1. The van der Waals surface area contributed by atoms with E-state index in [1.165, 1.54) is 6.92 Å². The molecule has 37 heavy (non-hydrogen) atoms. The number of methoxy groups -OCH3 is 1. The number of anilines is 1. The fourth-order valence-electron chi connectivity index (χ4n) is 4.77. The van der Waals surface area contributed by atoms with E-state index in [1.54, 1.807) is 13.2 Å². The lowest BCUT2D eigenvalue weighted by Gasteiger charge is -2.30. The summed E-state index contributed by atoms with van der Waals surface area (Å²) < 4.78 is 5.55. The van der Waals surface area contributed by atoms with Crippen LogP contribution in [0.25, 0.3) is 22.0 Å². The second-order valence-corrected chi connectivity index (χ2v) is 9.29. The van der Waals surface area contributed by atoms with Gasteiger partial charge in [0.25, 0.3) is 5.91 Å². The zero-order valence-electron chi connectivity index (χ0n) is 21.1. The average molecular weight is 498 g/mol. The third-order valence-electron chi connectivity index (χ3n) is 6.53. The van der Waals surface area contributed by atoms with Crippen LogP contribution in [0.4, 0.5) is 5.69 Å². The highest BCUT2D eigenvalue weighted by atomic mass is 16.5. The predicted molar refractivity (Wildman–Crippen MR) is 144 cm³/mol. The first-order chi connectivity index (χ1) is 17.9. The van der Waals surface area contributed by atoms with E-state index in [0.29, 0.717) is 35.7 Å². The lowest BCUT2D eigenvalue weighted by Crippen LogP contribution is -2.45. The van der Waals surface area contributed by atoms with Crippen molar-refractivity contribution in [3.8, 4) is 23.1 Å². The molecular formula is C29H31N5O3. The minimum atomic E-state index is -0.227. The van der Waals surface area contributed by atoms with Gasteiger partial charge >= 0.3 is 0 Å². The van der Waals surface area contributed by atoms with E-state index in [4.69, 9.17) is 10.00 Å². The van der Waals surface area contributed by atoms with Crippen LogP contribution in [0.15, 0.2) is 60.7 Å². The molecule has 8 nitrogen and oxygen atoms in total. The van der Waals surface area contributed by atoms with Gasteiger partial charge in [-0.3, -0.25) is 9.59 Å². The van der Waals surface area contributed by atoms with E-state index in [9.17, 15) is 9.59 Å². The van der Waals surface area contributed by atoms with Crippen LogP contribution < -0.4 is 20.7 Å². The van der Waals surface area contributed by atoms with Gasteiger partial charge in [-0.1, -0.05) is 30.8 Å². The minimum Gasteiger partial charge on any atom is -0.495 e. The summed E-state index contributed by atoms with van der Waals surface area (Å²) in [7, 11) is 1.60. The largest absolute Gasteiger partial charge is 0.495 e. The summed E-state index contributed by atoms with van der Waals surface area (Å²) in [6, 6.07) is 17.3. The molecule has 0 unspecified atom stereocenters. The van der Waals surface area contributed by atoms with Gasteiger partial charge in [0.05, 0.1) is 24.6 Å². The Labute approximate surface area is 216 Å². The molecule has 4 rings (SSSR count). The number of hydrogen-bond acceptors (Lipinski definition) is 6. The Balaban J connectivity index is 1.58. The van der Waals surface area contributed by atoms with Gasteiger partial charge in [0.15, 0.2) is 0 Å². The molecule has 2 aromatic carbocycles. The number of carbonyl (C=O) groups excluding carboxylic acids is 2. The Bertz CT molecular complexity index is 1380. The number of rotatable bonds is 8. The number of hydrogen-bond donors (Lipinski definition) is 3. The molecule has 1 fully saturated rings. The van der Waals surface area contributed by atoms with E-state index in [2.05, 4.69) is 33.6 Å². The van der Waals surface area contributed by atoms with Crippen molar-refractivity contribution < 1.29 is 14.3 Å². The van der Waals surface area contributed by atoms with Crippen molar-refractivity contribution in [2.75, 3.05) is 19.0 Å². The minimum absolute atomic E-state index is 0.00603. The normalized spacial score (nSPS) is 16.9. The molecular weight excluding hydrogens is 466 g/mol. The summed E-state index contributed by atoms with van der Waals surface area (Å²) in [5.74, 6) is 0.379. The van der Waals surface area contributed by atoms with Crippen LogP contribution >= 0.6 is 0 Å². The first-order valence-corrected chi connectivity index (χ1v) is 12.4. The molecule has 1 heterocycles. The van der Waals surface area contributed by atoms with E-state index in [-0.39, 0.29) is 23.9 Å². The predicted octanol–water partition coefficient (Wildman–Crippen LogP) is 4.58. The maximum absolute atomic E-state index is 13.0. The zero-order chi connectivity index (χ0) is 26.4. The Morgan fingerprint density at radius 2 is 1.89 bits per heavy atom. The molecule has 1 aliphatic carbocycles. The highest BCUT2D eigenvalue weighted by Gasteiger charge is 2.24. The summed E-state index contributed by atoms with van der Waals surface area (Å²) >= 11 is 0. The molecule has 3 aromatic rings. The van der Waals surface area contributed by atoms with Crippen LogP contribution in [0.3, 0.4) is 0 Å². The monoisotopic (exact) mass is 497 g/mol. The van der Waals surface area contributed by atoms with Gasteiger partial charge in [0.1, 0.15) is 11.4 Å². The summed E-state index contributed by atoms with van der Waals surface area (Å²) in [6.07, 6.45) is 3.46. The number of ether oxygens (including phenoxy) is 1. The molecule has 8 heteroatoms. The van der Waals surface area contributed by atoms with Crippen LogP contribution in [-0.2, 0) is 4.79 Å². The van der Waals surface area contributed by atoms with Crippen molar-refractivity contribution >= 4 is 28.3 Å². The molecule has 1 aliphatic rings. The molecule has 190 valence electrons. The van der Waals surface area contributed by atoms with Crippen molar-refractivity contribution in [3.05, 3.63) is 66.4 Å². The van der Waals surface area contributed by atoms with Gasteiger partial charge in [0.2, 0.25) is 5.91 Å². The first-order valence-electron chi connectivity index (χ1n) is 12.4. The Morgan fingerprint density at radius 1 is 1.14 bits per heavy atom. The fourth-order valence-corrected chi connectivity index (χ4v) is 4.77. The van der Waals surface area contributed by atoms with Crippen LogP contribution in [0, 0.1) is 11.3 Å². The molecule has 0 saturated heterocycles.